The molecular formula is C20H28N2O3. The van der Waals surface area contributed by atoms with Crippen molar-refractivity contribution in [2.75, 3.05) is 20.2 Å². The predicted molar refractivity (Wildman–Crippen MR) is 95.6 cm³/mol. The fourth-order valence-corrected chi connectivity index (χ4v) is 4.08. The van der Waals surface area contributed by atoms with Crippen LogP contribution in [-0.4, -0.2) is 53.0 Å². The summed E-state index contributed by atoms with van der Waals surface area (Å²) in [4.78, 5) is 28.8. The lowest BCUT2D eigenvalue weighted by Crippen LogP contribution is -2.43. The number of likely N-dealkylation sites (tertiary alicyclic amines) is 1. The van der Waals surface area contributed by atoms with E-state index in [9.17, 15) is 14.7 Å². The molecule has 1 aliphatic carbocycles. The maximum Gasteiger partial charge on any atom is 0.227 e. The van der Waals surface area contributed by atoms with Crippen molar-refractivity contribution < 1.29 is 14.7 Å². The van der Waals surface area contributed by atoms with Crippen LogP contribution in [0, 0.1) is 11.8 Å². The highest BCUT2D eigenvalue weighted by atomic mass is 16.3. The van der Waals surface area contributed by atoms with Crippen LogP contribution in [0.5, 0.6) is 0 Å². The Bertz CT molecular complexity index is 596. The molecule has 1 aromatic carbocycles. The molecule has 1 saturated carbocycles. The summed E-state index contributed by atoms with van der Waals surface area (Å²) in [6.07, 6.45) is 4.16. The molecule has 1 saturated heterocycles. The van der Waals surface area contributed by atoms with Gasteiger partial charge in [0.15, 0.2) is 0 Å². The molecule has 1 atom stereocenters. The molecule has 0 radical (unpaired) electrons. The molecule has 5 heteroatoms. The number of benzene rings is 1. The number of carbonyl (C=O) groups is 2. The average Bonchev–Trinajstić information content (AvgIpc) is 3.02. The quantitative estimate of drug-likeness (QED) is 0.889. The summed E-state index contributed by atoms with van der Waals surface area (Å²) >= 11 is 0. The van der Waals surface area contributed by atoms with E-state index in [2.05, 4.69) is 0 Å². The minimum Gasteiger partial charge on any atom is -0.396 e. The van der Waals surface area contributed by atoms with Crippen molar-refractivity contribution in [1.29, 1.82) is 0 Å². The monoisotopic (exact) mass is 344 g/mol. The fraction of sp³-hybridized carbons (Fsp3) is 0.600. The molecule has 1 N–H and O–H groups in total. The summed E-state index contributed by atoms with van der Waals surface area (Å²) in [6, 6.07) is 10.2. The Kier molecular flexibility index (Phi) is 5.74. The second kappa shape index (κ2) is 8.00. The van der Waals surface area contributed by atoms with E-state index in [-0.39, 0.29) is 30.4 Å². The summed E-state index contributed by atoms with van der Waals surface area (Å²) in [5.74, 6) is 0.321. The first-order valence-electron chi connectivity index (χ1n) is 9.27. The normalized spacial score (nSPS) is 26.7. The summed E-state index contributed by atoms with van der Waals surface area (Å²) in [5.41, 5.74) is 1.10. The molecule has 2 amide bonds. The van der Waals surface area contributed by atoms with Crippen LogP contribution in [0.25, 0.3) is 0 Å². The Morgan fingerprint density at radius 3 is 2.52 bits per heavy atom. The van der Waals surface area contributed by atoms with Crippen LogP contribution in [0.3, 0.4) is 0 Å². The number of hydrogen-bond donors (Lipinski definition) is 1. The highest BCUT2D eigenvalue weighted by molar-refractivity contribution is 5.89. The lowest BCUT2D eigenvalue weighted by atomic mass is 9.85. The molecule has 0 aromatic heterocycles. The third-order valence-electron chi connectivity index (χ3n) is 5.75. The maximum absolute atomic E-state index is 12.8. The number of carbonyl (C=O) groups excluding carboxylic acids is 2. The zero-order valence-corrected chi connectivity index (χ0v) is 14.9. The van der Waals surface area contributed by atoms with E-state index in [4.69, 9.17) is 0 Å². The van der Waals surface area contributed by atoms with Gasteiger partial charge >= 0.3 is 0 Å². The van der Waals surface area contributed by atoms with Crippen LogP contribution in [-0.2, 0) is 16.1 Å². The van der Waals surface area contributed by atoms with Crippen molar-refractivity contribution in [1.82, 2.24) is 9.80 Å². The van der Waals surface area contributed by atoms with E-state index in [0.29, 0.717) is 25.4 Å². The van der Waals surface area contributed by atoms with E-state index >= 15 is 0 Å². The Morgan fingerprint density at radius 1 is 1.20 bits per heavy atom. The first kappa shape index (κ1) is 17.9. The van der Waals surface area contributed by atoms with E-state index < -0.39 is 0 Å². The van der Waals surface area contributed by atoms with E-state index in [0.717, 1.165) is 31.2 Å². The first-order chi connectivity index (χ1) is 12.1. The van der Waals surface area contributed by atoms with Gasteiger partial charge in [0.2, 0.25) is 11.8 Å². The maximum atomic E-state index is 12.8. The second-order valence-corrected chi connectivity index (χ2v) is 7.47. The zero-order valence-electron chi connectivity index (χ0n) is 14.9. The highest BCUT2D eigenvalue weighted by Crippen LogP contribution is 2.29. The van der Waals surface area contributed by atoms with Gasteiger partial charge in [0.25, 0.3) is 0 Å². The van der Waals surface area contributed by atoms with Crippen LogP contribution in [0.15, 0.2) is 30.3 Å². The SMILES string of the molecule is CN(C(=O)C1CC(=O)N(Cc2ccccc2)C1)C1CCC(CO)CC1. The Balaban J connectivity index is 1.55. The third kappa shape index (κ3) is 4.21. The van der Waals surface area contributed by atoms with Crippen LogP contribution in [0.2, 0.25) is 0 Å². The van der Waals surface area contributed by atoms with Gasteiger partial charge in [-0.05, 0) is 37.2 Å². The Labute approximate surface area is 149 Å². The van der Waals surface area contributed by atoms with Crippen molar-refractivity contribution in [3.63, 3.8) is 0 Å². The van der Waals surface area contributed by atoms with E-state index in [1.807, 2.05) is 42.3 Å². The number of amides is 2. The molecule has 0 spiro atoms. The average molecular weight is 344 g/mol. The first-order valence-corrected chi connectivity index (χ1v) is 9.27. The number of nitrogens with zero attached hydrogens (tertiary/aromatic N) is 2. The lowest BCUT2D eigenvalue weighted by molar-refractivity contribution is -0.137. The van der Waals surface area contributed by atoms with Gasteiger partial charge in [-0.1, -0.05) is 30.3 Å². The van der Waals surface area contributed by atoms with Gasteiger partial charge in [0.05, 0.1) is 5.92 Å². The summed E-state index contributed by atoms with van der Waals surface area (Å²) in [7, 11) is 1.87. The minimum absolute atomic E-state index is 0.0691. The topological polar surface area (TPSA) is 60.9 Å². The van der Waals surface area contributed by atoms with Crippen molar-refractivity contribution >= 4 is 11.8 Å². The Morgan fingerprint density at radius 2 is 1.88 bits per heavy atom. The summed E-state index contributed by atoms with van der Waals surface area (Å²) in [6.45, 7) is 1.34. The van der Waals surface area contributed by atoms with E-state index in [1.54, 1.807) is 4.90 Å². The molecule has 1 heterocycles. The van der Waals surface area contributed by atoms with Crippen molar-refractivity contribution in [2.24, 2.45) is 11.8 Å². The van der Waals surface area contributed by atoms with Gasteiger partial charge in [-0.3, -0.25) is 9.59 Å². The van der Waals surface area contributed by atoms with Gasteiger partial charge in [0.1, 0.15) is 0 Å². The van der Waals surface area contributed by atoms with Gasteiger partial charge in [0, 0.05) is 39.2 Å². The van der Waals surface area contributed by atoms with Crippen LogP contribution >= 0.6 is 0 Å². The fourth-order valence-electron chi connectivity index (χ4n) is 4.08. The molecule has 1 aromatic rings. The van der Waals surface area contributed by atoms with Crippen molar-refractivity contribution in [3.8, 4) is 0 Å². The smallest absolute Gasteiger partial charge is 0.227 e. The van der Waals surface area contributed by atoms with Gasteiger partial charge in [-0.15, -0.1) is 0 Å². The number of aliphatic hydroxyl groups excluding tert-OH is 1. The molecule has 1 unspecified atom stereocenters. The lowest BCUT2D eigenvalue weighted by Gasteiger charge is -2.35. The number of hydrogen-bond acceptors (Lipinski definition) is 3. The van der Waals surface area contributed by atoms with Crippen LogP contribution in [0.4, 0.5) is 0 Å². The van der Waals surface area contributed by atoms with Crippen molar-refractivity contribution in [2.45, 2.75) is 44.7 Å². The third-order valence-corrected chi connectivity index (χ3v) is 5.75. The van der Waals surface area contributed by atoms with E-state index in [1.165, 1.54) is 0 Å². The molecule has 25 heavy (non-hydrogen) atoms. The van der Waals surface area contributed by atoms with Crippen molar-refractivity contribution in [3.05, 3.63) is 35.9 Å². The molecule has 136 valence electrons. The zero-order chi connectivity index (χ0) is 17.8. The molecule has 1 aliphatic heterocycles. The predicted octanol–water partition coefficient (Wildman–Crippen LogP) is 2.04. The highest BCUT2D eigenvalue weighted by Gasteiger charge is 2.37. The minimum atomic E-state index is -0.225. The van der Waals surface area contributed by atoms with Gasteiger partial charge in [-0.25, -0.2) is 0 Å². The summed E-state index contributed by atoms with van der Waals surface area (Å²) < 4.78 is 0. The van der Waals surface area contributed by atoms with Crippen LogP contribution < -0.4 is 0 Å². The number of aliphatic hydroxyl groups is 1. The van der Waals surface area contributed by atoms with Crippen LogP contribution in [0.1, 0.15) is 37.7 Å². The molecule has 5 nitrogen and oxygen atoms in total. The standard InChI is InChI=1S/C20H28N2O3/c1-21(18-9-7-16(14-23)8-10-18)20(25)17-11-19(24)22(13-17)12-15-5-3-2-4-6-15/h2-6,16-18,23H,7-14H2,1H3. The summed E-state index contributed by atoms with van der Waals surface area (Å²) in [5, 5.41) is 9.25. The molecule has 0 bridgehead atoms. The number of rotatable bonds is 5. The largest absolute Gasteiger partial charge is 0.396 e. The Hall–Kier alpha value is -1.88. The van der Waals surface area contributed by atoms with Gasteiger partial charge < -0.3 is 14.9 Å². The molecular weight excluding hydrogens is 316 g/mol. The second-order valence-electron chi connectivity index (χ2n) is 7.47. The molecule has 3 rings (SSSR count). The van der Waals surface area contributed by atoms with Gasteiger partial charge in [-0.2, -0.15) is 0 Å². The molecule has 2 fully saturated rings. The molecule has 2 aliphatic rings.